The molecular formula is C12H15BrO3. The van der Waals surface area contributed by atoms with E-state index in [9.17, 15) is 5.11 Å². The lowest BCUT2D eigenvalue weighted by Crippen LogP contribution is -2.12. The first-order valence-corrected chi connectivity index (χ1v) is 6.00. The van der Waals surface area contributed by atoms with Gasteiger partial charge in [-0.25, -0.2) is 0 Å². The van der Waals surface area contributed by atoms with Crippen molar-refractivity contribution in [1.82, 2.24) is 0 Å². The van der Waals surface area contributed by atoms with Crippen LogP contribution in [0.1, 0.15) is 18.4 Å². The van der Waals surface area contributed by atoms with Crippen molar-refractivity contribution in [2.45, 2.75) is 24.9 Å². The van der Waals surface area contributed by atoms with Gasteiger partial charge in [-0.1, -0.05) is 15.9 Å². The summed E-state index contributed by atoms with van der Waals surface area (Å²) in [6.45, 7) is 0. The predicted molar refractivity (Wildman–Crippen MR) is 65.1 cm³/mol. The number of ether oxygens (including phenoxy) is 2. The van der Waals surface area contributed by atoms with Gasteiger partial charge >= 0.3 is 0 Å². The first-order chi connectivity index (χ1) is 7.58. The van der Waals surface area contributed by atoms with Gasteiger partial charge < -0.3 is 14.6 Å². The summed E-state index contributed by atoms with van der Waals surface area (Å²) < 4.78 is 11.4. The highest BCUT2D eigenvalue weighted by Gasteiger charge is 2.41. The minimum absolute atomic E-state index is 0.523. The van der Waals surface area contributed by atoms with Gasteiger partial charge in [-0.05, 0) is 18.9 Å². The van der Waals surface area contributed by atoms with E-state index in [-0.39, 0.29) is 0 Å². The van der Waals surface area contributed by atoms with Crippen molar-refractivity contribution in [1.29, 1.82) is 0 Å². The van der Waals surface area contributed by atoms with E-state index in [1.807, 2.05) is 12.1 Å². The molecule has 0 heterocycles. The van der Waals surface area contributed by atoms with E-state index in [2.05, 4.69) is 15.9 Å². The third-order valence-corrected chi connectivity index (χ3v) is 3.62. The second-order valence-corrected chi connectivity index (χ2v) is 5.05. The maximum atomic E-state index is 9.95. The van der Waals surface area contributed by atoms with Crippen LogP contribution in [0.3, 0.4) is 0 Å². The molecule has 0 aliphatic heterocycles. The number of halogens is 1. The normalized spacial score (nSPS) is 17.0. The average Bonchev–Trinajstić information content (AvgIpc) is 2.99. The van der Waals surface area contributed by atoms with E-state index < -0.39 is 5.60 Å². The number of rotatable bonds is 4. The highest BCUT2D eigenvalue weighted by atomic mass is 79.9. The number of benzene rings is 1. The summed E-state index contributed by atoms with van der Waals surface area (Å²) in [5, 5.41) is 9.95. The summed E-state index contributed by atoms with van der Waals surface area (Å²) in [6.07, 6.45) is 2.37. The van der Waals surface area contributed by atoms with Gasteiger partial charge in [0.15, 0.2) is 0 Å². The Hall–Kier alpha value is -0.740. The zero-order chi connectivity index (χ0) is 11.8. The number of aliphatic hydroxyl groups is 1. The van der Waals surface area contributed by atoms with Crippen molar-refractivity contribution in [2.75, 3.05) is 14.2 Å². The molecule has 0 atom stereocenters. The van der Waals surface area contributed by atoms with Crippen molar-refractivity contribution in [3.05, 3.63) is 22.2 Å². The molecule has 0 bridgehead atoms. The van der Waals surface area contributed by atoms with Crippen LogP contribution in [-0.4, -0.2) is 24.9 Å². The van der Waals surface area contributed by atoms with Gasteiger partial charge in [-0.2, -0.15) is 0 Å². The minimum atomic E-state index is -0.523. The summed E-state index contributed by atoms with van der Waals surface area (Å²) in [4.78, 5) is 0. The van der Waals surface area contributed by atoms with Crippen molar-refractivity contribution >= 4 is 15.9 Å². The van der Waals surface area contributed by atoms with Crippen LogP contribution >= 0.6 is 15.9 Å². The fourth-order valence-corrected chi connectivity index (χ4v) is 2.27. The van der Waals surface area contributed by atoms with E-state index in [1.165, 1.54) is 0 Å². The van der Waals surface area contributed by atoms with E-state index in [0.717, 1.165) is 34.4 Å². The van der Waals surface area contributed by atoms with Crippen LogP contribution in [0, 0.1) is 0 Å². The smallest absolute Gasteiger partial charge is 0.126 e. The molecule has 0 saturated heterocycles. The fraction of sp³-hybridized carbons (Fsp3) is 0.500. The Balaban J connectivity index is 2.34. The molecule has 0 unspecified atom stereocenters. The second kappa shape index (κ2) is 4.26. The number of hydrogen-bond acceptors (Lipinski definition) is 3. The largest absolute Gasteiger partial charge is 0.497 e. The van der Waals surface area contributed by atoms with Crippen LogP contribution in [-0.2, 0) is 6.42 Å². The molecule has 1 saturated carbocycles. The topological polar surface area (TPSA) is 38.7 Å². The zero-order valence-corrected chi connectivity index (χ0v) is 11.0. The Morgan fingerprint density at radius 3 is 2.50 bits per heavy atom. The Bertz CT molecular complexity index is 399. The highest BCUT2D eigenvalue weighted by molar-refractivity contribution is 9.10. The quantitative estimate of drug-likeness (QED) is 0.925. The van der Waals surface area contributed by atoms with E-state index in [0.29, 0.717) is 6.42 Å². The Morgan fingerprint density at radius 2 is 2.00 bits per heavy atom. The summed E-state index contributed by atoms with van der Waals surface area (Å²) in [5.74, 6) is 1.50. The van der Waals surface area contributed by atoms with Crippen molar-refractivity contribution < 1.29 is 14.6 Å². The molecule has 1 aliphatic carbocycles. The molecule has 0 spiro atoms. The maximum Gasteiger partial charge on any atom is 0.126 e. The SMILES string of the molecule is COc1cc(Br)c(CC2(O)CC2)c(OC)c1. The molecule has 0 radical (unpaired) electrons. The molecule has 1 fully saturated rings. The van der Waals surface area contributed by atoms with Crippen LogP contribution in [0.4, 0.5) is 0 Å². The molecule has 1 aromatic rings. The molecule has 3 nitrogen and oxygen atoms in total. The summed E-state index contributed by atoms with van der Waals surface area (Å²) >= 11 is 3.49. The number of methoxy groups -OCH3 is 2. The van der Waals surface area contributed by atoms with E-state index in [4.69, 9.17) is 9.47 Å². The van der Waals surface area contributed by atoms with Crippen LogP contribution in [0.25, 0.3) is 0 Å². The minimum Gasteiger partial charge on any atom is -0.497 e. The monoisotopic (exact) mass is 286 g/mol. The van der Waals surface area contributed by atoms with Gasteiger partial charge in [-0.3, -0.25) is 0 Å². The van der Waals surface area contributed by atoms with Gasteiger partial charge in [0.2, 0.25) is 0 Å². The Labute approximate surface area is 104 Å². The second-order valence-electron chi connectivity index (χ2n) is 4.19. The van der Waals surface area contributed by atoms with Crippen molar-refractivity contribution in [3.8, 4) is 11.5 Å². The van der Waals surface area contributed by atoms with Gasteiger partial charge in [0.05, 0.1) is 19.8 Å². The lowest BCUT2D eigenvalue weighted by molar-refractivity contribution is 0.149. The molecule has 88 valence electrons. The first kappa shape index (κ1) is 11.7. The molecule has 0 amide bonds. The van der Waals surface area contributed by atoms with Crippen molar-refractivity contribution in [2.24, 2.45) is 0 Å². The van der Waals surface area contributed by atoms with Gasteiger partial charge in [-0.15, -0.1) is 0 Å². The molecular weight excluding hydrogens is 272 g/mol. The summed E-state index contributed by atoms with van der Waals surface area (Å²) in [7, 11) is 3.25. The fourth-order valence-electron chi connectivity index (χ4n) is 1.71. The van der Waals surface area contributed by atoms with Crippen LogP contribution in [0.2, 0.25) is 0 Å². The van der Waals surface area contributed by atoms with Gasteiger partial charge in [0.1, 0.15) is 11.5 Å². The van der Waals surface area contributed by atoms with E-state index >= 15 is 0 Å². The van der Waals surface area contributed by atoms with Crippen LogP contribution < -0.4 is 9.47 Å². The molecule has 2 rings (SSSR count). The summed E-state index contributed by atoms with van der Waals surface area (Å²) in [6, 6.07) is 3.73. The third-order valence-electron chi connectivity index (χ3n) is 2.92. The summed E-state index contributed by atoms with van der Waals surface area (Å²) in [5.41, 5.74) is 0.480. The van der Waals surface area contributed by atoms with Crippen LogP contribution in [0.15, 0.2) is 16.6 Å². The van der Waals surface area contributed by atoms with Crippen molar-refractivity contribution in [3.63, 3.8) is 0 Å². The van der Waals surface area contributed by atoms with E-state index in [1.54, 1.807) is 14.2 Å². The molecule has 1 aromatic carbocycles. The molecule has 1 N–H and O–H groups in total. The van der Waals surface area contributed by atoms with Gasteiger partial charge in [0, 0.05) is 22.5 Å². The zero-order valence-electron chi connectivity index (χ0n) is 9.42. The third kappa shape index (κ3) is 2.33. The lowest BCUT2D eigenvalue weighted by Gasteiger charge is -2.15. The standard InChI is InChI=1S/C12H15BrO3/c1-15-8-5-10(13)9(11(6-8)16-2)7-12(14)3-4-12/h5-6,14H,3-4,7H2,1-2H3. The maximum absolute atomic E-state index is 9.95. The Morgan fingerprint density at radius 1 is 1.31 bits per heavy atom. The highest BCUT2D eigenvalue weighted by Crippen LogP contribution is 2.43. The first-order valence-electron chi connectivity index (χ1n) is 5.21. The molecule has 0 aromatic heterocycles. The predicted octanol–water partition coefficient (Wildman–Crippen LogP) is 2.53. The average molecular weight is 287 g/mol. The lowest BCUT2D eigenvalue weighted by atomic mass is 10.1. The van der Waals surface area contributed by atoms with Gasteiger partial charge in [0.25, 0.3) is 0 Å². The Kier molecular flexibility index (Phi) is 3.13. The molecule has 16 heavy (non-hydrogen) atoms. The molecule has 4 heteroatoms. The number of hydrogen-bond donors (Lipinski definition) is 1. The van der Waals surface area contributed by atoms with Crippen LogP contribution in [0.5, 0.6) is 11.5 Å². The molecule has 1 aliphatic rings.